The van der Waals surface area contributed by atoms with E-state index in [1.54, 1.807) is 11.8 Å². The van der Waals surface area contributed by atoms with E-state index < -0.39 is 6.04 Å². The maximum Gasteiger partial charge on any atom is 0.244 e. The zero-order chi connectivity index (χ0) is 16.2. The van der Waals surface area contributed by atoms with Gasteiger partial charge in [-0.15, -0.1) is 0 Å². The molecule has 0 aliphatic heterocycles. The normalized spacial score (nSPS) is 30.6. The summed E-state index contributed by atoms with van der Waals surface area (Å²) in [6.07, 6.45) is 1.68. The van der Waals surface area contributed by atoms with E-state index in [1.165, 1.54) is 0 Å². The molecule has 0 aromatic carbocycles. The number of nitrogens with zero attached hydrogens (tertiary/aromatic N) is 1. The van der Waals surface area contributed by atoms with Gasteiger partial charge >= 0.3 is 0 Å². The van der Waals surface area contributed by atoms with Gasteiger partial charge in [-0.2, -0.15) is 0 Å². The van der Waals surface area contributed by atoms with Gasteiger partial charge < -0.3 is 16.0 Å². The van der Waals surface area contributed by atoms with Gasteiger partial charge in [-0.3, -0.25) is 9.59 Å². The first-order chi connectivity index (χ1) is 9.81. The lowest BCUT2D eigenvalue weighted by atomic mass is 9.72. The number of amides is 2. The van der Waals surface area contributed by atoms with Crippen molar-refractivity contribution in [3.8, 4) is 0 Å². The van der Waals surface area contributed by atoms with Gasteiger partial charge in [0.05, 0.1) is 0 Å². The van der Waals surface area contributed by atoms with E-state index in [4.69, 9.17) is 5.73 Å². The Hall–Kier alpha value is -1.10. The maximum atomic E-state index is 12.4. The maximum absolute atomic E-state index is 12.4. The Bertz CT molecular complexity index is 369. The molecule has 122 valence electrons. The summed E-state index contributed by atoms with van der Waals surface area (Å²) in [5, 5.41) is 2.88. The molecule has 21 heavy (non-hydrogen) atoms. The molecule has 5 nitrogen and oxygen atoms in total. The van der Waals surface area contributed by atoms with Crippen molar-refractivity contribution in [1.29, 1.82) is 0 Å². The van der Waals surface area contributed by atoms with Crippen molar-refractivity contribution in [3.05, 3.63) is 0 Å². The smallest absolute Gasteiger partial charge is 0.244 e. The molecule has 5 heteroatoms. The van der Waals surface area contributed by atoms with Gasteiger partial charge in [0, 0.05) is 25.0 Å². The number of rotatable bonds is 5. The summed E-state index contributed by atoms with van der Waals surface area (Å²) in [6, 6.07) is -0.397. The second kappa shape index (κ2) is 7.78. The third kappa shape index (κ3) is 4.43. The van der Waals surface area contributed by atoms with Crippen LogP contribution in [0.25, 0.3) is 0 Å². The van der Waals surface area contributed by atoms with Gasteiger partial charge in [0.15, 0.2) is 0 Å². The fourth-order valence-electron chi connectivity index (χ4n) is 3.24. The molecular formula is C16H31N3O2. The topological polar surface area (TPSA) is 75.4 Å². The van der Waals surface area contributed by atoms with Crippen LogP contribution in [0.3, 0.4) is 0 Å². The summed E-state index contributed by atoms with van der Waals surface area (Å²) >= 11 is 0. The quantitative estimate of drug-likeness (QED) is 0.805. The molecular weight excluding hydrogens is 266 g/mol. The Morgan fingerprint density at radius 2 is 1.76 bits per heavy atom. The number of nitrogens with one attached hydrogen (secondary N) is 1. The number of carbonyl (C=O) groups is 2. The molecule has 1 fully saturated rings. The molecule has 1 saturated carbocycles. The van der Waals surface area contributed by atoms with Crippen LogP contribution in [0.5, 0.6) is 0 Å². The molecule has 3 N–H and O–H groups in total. The van der Waals surface area contributed by atoms with E-state index in [1.807, 2.05) is 13.8 Å². The van der Waals surface area contributed by atoms with Gasteiger partial charge in [-0.05, 0) is 45.4 Å². The minimum Gasteiger partial charge on any atom is -0.344 e. The summed E-state index contributed by atoms with van der Waals surface area (Å²) < 4.78 is 0. The number of nitrogens with two attached hydrogens (primary N) is 1. The lowest BCUT2D eigenvalue weighted by Gasteiger charge is -2.36. The Morgan fingerprint density at radius 3 is 2.29 bits per heavy atom. The van der Waals surface area contributed by atoms with E-state index >= 15 is 0 Å². The molecule has 0 aromatic rings. The predicted octanol–water partition coefficient (Wildman–Crippen LogP) is 1.37. The SMILES string of the molecule is CCN(CC)C(=O)C(C)NC(=O)C1CC(N)C(C)CC1C. The summed E-state index contributed by atoms with van der Waals surface area (Å²) in [4.78, 5) is 26.4. The van der Waals surface area contributed by atoms with Crippen molar-refractivity contribution < 1.29 is 9.59 Å². The highest BCUT2D eigenvalue weighted by Gasteiger charge is 2.36. The Morgan fingerprint density at radius 1 is 1.19 bits per heavy atom. The molecule has 0 radical (unpaired) electrons. The van der Waals surface area contributed by atoms with Crippen molar-refractivity contribution in [1.82, 2.24) is 10.2 Å². The molecule has 0 spiro atoms. The average molecular weight is 297 g/mol. The highest BCUT2D eigenvalue weighted by Crippen LogP contribution is 2.32. The second-order valence-corrected chi connectivity index (χ2v) is 6.44. The molecule has 0 aromatic heterocycles. The Balaban J connectivity index is 2.61. The summed E-state index contributed by atoms with van der Waals surface area (Å²) in [6.45, 7) is 11.2. The number of hydrogen-bond acceptors (Lipinski definition) is 3. The minimum absolute atomic E-state index is 0.0190. The van der Waals surface area contributed by atoms with Crippen LogP contribution in [-0.4, -0.2) is 41.9 Å². The fraction of sp³-hybridized carbons (Fsp3) is 0.875. The highest BCUT2D eigenvalue weighted by molar-refractivity contribution is 5.88. The van der Waals surface area contributed by atoms with Gasteiger partial charge in [-0.1, -0.05) is 13.8 Å². The first kappa shape index (κ1) is 18.0. The van der Waals surface area contributed by atoms with Crippen LogP contribution in [0.15, 0.2) is 0 Å². The third-order valence-corrected chi connectivity index (χ3v) is 4.83. The summed E-state index contributed by atoms with van der Waals surface area (Å²) in [5.41, 5.74) is 6.10. The van der Waals surface area contributed by atoms with Gasteiger partial charge in [0.2, 0.25) is 11.8 Å². The number of hydrogen-bond donors (Lipinski definition) is 2. The number of likely N-dealkylation sites (N-methyl/N-ethyl adjacent to an activating group) is 1. The third-order valence-electron chi connectivity index (χ3n) is 4.83. The molecule has 5 atom stereocenters. The van der Waals surface area contributed by atoms with E-state index in [0.717, 1.165) is 6.42 Å². The largest absolute Gasteiger partial charge is 0.344 e. The average Bonchev–Trinajstić information content (AvgIpc) is 2.43. The molecule has 1 aliphatic carbocycles. The first-order valence-corrected chi connectivity index (χ1v) is 8.16. The Kier molecular flexibility index (Phi) is 6.65. The van der Waals surface area contributed by atoms with E-state index in [2.05, 4.69) is 19.2 Å². The van der Waals surface area contributed by atoms with Crippen LogP contribution in [-0.2, 0) is 9.59 Å². The molecule has 0 heterocycles. The standard InChI is InChI=1S/C16H31N3O2/c1-6-19(7-2)16(21)12(5)18-15(20)13-9-14(17)11(4)8-10(13)3/h10-14H,6-9,17H2,1-5H3,(H,18,20). The fourth-order valence-corrected chi connectivity index (χ4v) is 3.24. The molecule has 2 amide bonds. The zero-order valence-corrected chi connectivity index (χ0v) is 14.1. The van der Waals surface area contributed by atoms with Crippen molar-refractivity contribution in [2.75, 3.05) is 13.1 Å². The van der Waals surface area contributed by atoms with Gasteiger partial charge in [0.1, 0.15) is 6.04 Å². The van der Waals surface area contributed by atoms with Crippen molar-refractivity contribution in [3.63, 3.8) is 0 Å². The molecule has 1 aliphatic rings. The van der Waals surface area contributed by atoms with E-state index in [0.29, 0.717) is 31.3 Å². The molecule has 5 unspecified atom stereocenters. The van der Waals surface area contributed by atoms with Crippen LogP contribution < -0.4 is 11.1 Å². The second-order valence-electron chi connectivity index (χ2n) is 6.44. The monoisotopic (exact) mass is 297 g/mol. The summed E-state index contributed by atoms with van der Waals surface area (Å²) in [5.74, 6) is 0.643. The van der Waals surface area contributed by atoms with Gasteiger partial charge in [-0.25, -0.2) is 0 Å². The van der Waals surface area contributed by atoms with E-state index in [-0.39, 0.29) is 23.8 Å². The van der Waals surface area contributed by atoms with Gasteiger partial charge in [0.25, 0.3) is 0 Å². The van der Waals surface area contributed by atoms with Crippen LogP contribution >= 0.6 is 0 Å². The number of carbonyl (C=O) groups excluding carboxylic acids is 2. The van der Waals surface area contributed by atoms with Crippen LogP contribution in [0.2, 0.25) is 0 Å². The lowest BCUT2D eigenvalue weighted by molar-refractivity contribution is -0.137. The highest BCUT2D eigenvalue weighted by atomic mass is 16.2. The van der Waals surface area contributed by atoms with Crippen LogP contribution in [0.1, 0.15) is 47.5 Å². The molecule has 0 bridgehead atoms. The molecule has 1 rings (SSSR count). The van der Waals surface area contributed by atoms with Crippen LogP contribution in [0.4, 0.5) is 0 Å². The summed E-state index contributed by atoms with van der Waals surface area (Å²) in [7, 11) is 0. The Labute approximate surface area is 128 Å². The predicted molar refractivity (Wildman–Crippen MR) is 84.6 cm³/mol. The van der Waals surface area contributed by atoms with Crippen molar-refractivity contribution in [2.24, 2.45) is 23.5 Å². The minimum atomic E-state index is -0.472. The van der Waals surface area contributed by atoms with E-state index in [9.17, 15) is 9.59 Å². The first-order valence-electron chi connectivity index (χ1n) is 8.16. The van der Waals surface area contributed by atoms with Crippen LogP contribution in [0, 0.1) is 17.8 Å². The zero-order valence-electron chi connectivity index (χ0n) is 14.1. The molecule has 0 saturated heterocycles. The van der Waals surface area contributed by atoms with Crippen molar-refractivity contribution in [2.45, 2.75) is 59.5 Å². The lowest BCUT2D eigenvalue weighted by Crippen LogP contribution is -2.51. The van der Waals surface area contributed by atoms with Crippen molar-refractivity contribution >= 4 is 11.8 Å².